The van der Waals surface area contributed by atoms with Gasteiger partial charge in [0.05, 0.1) is 12.3 Å². The number of aromatic nitrogens is 1. The van der Waals surface area contributed by atoms with E-state index in [1.54, 1.807) is 11.3 Å². The summed E-state index contributed by atoms with van der Waals surface area (Å²) in [5.41, 5.74) is 4.58. The van der Waals surface area contributed by atoms with Gasteiger partial charge in [-0.3, -0.25) is 0 Å². The van der Waals surface area contributed by atoms with Crippen LogP contribution in [0.15, 0.2) is 90.3 Å². The molecule has 0 saturated heterocycles. The van der Waals surface area contributed by atoms with Crippen molar-refractivity contribution >= 4 is 16.5 Å². The molecule has 0 fully saturated rings. The van der Waals surface area contributed by atoms with Gasteiger partial charge in [-0.25, -0.2) is 4.98 Å². The molecule has 0 aliphatic heterocycles. The zero-order chi connectivity index (χ0) is 19.0. The van der Waals surface area contributed by atoms with Crippen LogP contribution >= 0.6 is 11.3 Å². The van der Waals surface area contributed by atoms with Gasteiger partial charge in [0.15, 0.2) is 5.13 Å². The zero-order valence-electron chi connectivity index (χ0n) is 15.5. The van der Waals surface area contributed by atoms with Crippen molar-refractivity contribution in [1.82, 2.24) is 4.98 Å². The number of anilines is 1. The van der Waals surface area contributed by atoms with Gasteiger partial charge in [-0.2, -0.15) is 0 Å². The SMILES string of the molecule is c1ccc(-c2ccc(OCCCNc3nc(-c4ccccc4)cs3)cc2)cc1. The number of ether oxygens (including phenoxy) is 1. The second-order valence-electron chi connectivity index (χ2n) is 6.42. The van der Waals surface area contributed by atoms with Crippen LogP contribution in [-0.2, 0) is 0 Å². The summed E-state index contributed by atoms with van der Waals surface area (Å²) < 4.78 is 5.85. The van der Waals surface area contributed by atoms with E-state index in [0.717, 1.165) is 35.1 Å². The first kappa shape index (κ1) is 18.3. The quantitative estimate of drug-likeness (QED) is 0.358. The molecule has 0 spiro atoms. The van der Waals surface area contributed by atoms with E-state index in [1.807, 2.05) is 36.4 Å². The smallest absolute Gasteiger partial charge is 0.183 e. The van der Waals surface area contributed by atoms with E-state index in [1.165, 1.54) is 11.1 Å². The van der Waals surface area contributed by atoms with Gasteiger partial charge in [0.25, 0.3) is 0 Å². The standard InChI is InChI=1S/C24H22N2OS/c1-3-8-19(9-4-1)20-12-14-22(15-13-20)27-17-7-16-25-24-26-23(18-28-24)21-10-5-2-6-11-21/h1-6,8-15,18H,7,16-17H2,(H,25,26). The van der Waals surface area contributed by atoms with Gasteiger partial charge in [-0.1, -0.05) is 72.8 Å². The Bertz CT molecular complexity index is 982. The van der Waals surface area contributed by atoms with Crippen molar-refractivity contribution in [1.29, 1.82) is 0 Å². The summed E-state index contributed by atoms with van der Waals surface area (Å²) in [5.74, 6) is 0.903. The first-order chi connectivity index (χ1) is 13.9. The van der Waals surface area contributed by atoms with Crippen LogP contribution in [0.4, 0.5) is 5.13 Å². The summed E-state index contributed by atoms with van der Waals surface area (Å²) in [6.45, 7) is 1.51. The maximum atomic E-state index is 5.85. The van der Waals surface area contributed by atoms with Gasteiger partial charge in [-0.05, 0) is 29.7 Å². The highest BCUT2D eigenvalue weighted by Crippen LogP contribution is 2.25. The summed E-state index contributed by atoms with van der Waals surface area (Å²) >= 11 is 1.64. The lowest BCUT2D eigenvalue weighted by Crippen LogP contribution is -2.07. The second-order valence-corrected chi connectivity index (χ2v) is 7.28. The minimum atomic E-state index is 0.675. The molecule has 3 aromatic carbocycles. The molecule has 0 unspecified atom stereocenters. The van der Waals surface area contributed by atoms with Crippen LogP contribution in [0.25, 0.3) is 22.4 Å². The zero-order valence-corrected chi connectivity index (χ0v) is 16.4. The molecule has 1 heterocycles. The summed E-state index contributed by atoms with van der Waals surface area (Å²) in [6.07, 6.45) is 0.917. The average Bonchev–Trinajstić information content (AvgIpc) is 3.24. The summed E-state index contributed by atoms with van der Waals surface area (Å²) in [6, 6.07) is 28.9. The summed E-state index contributed by atoms with van der Waals surface area (Å²) in [4.78, 5) is 4.64. The van der Waals surface area contributed by atoms with E-state index in [2.05, 4.69) is 64.2 Å². The molecule has 0 aliphatic carbocycles. The molecule has 0 saturated carbocycles. The minimum absolute atomic E-state index is 0.675. The number of benzene rings is 3. The molecule has 4 rings (SSSR count). The summed E-state index contributed by atoms with van der Waals surface area (Å²) in [7, 11) is 0. The van der Waals surface area contributed by atoms with Crippen LogP contribution in [-0.4, -0.2) is 18.1 Å². The molecule has 1 aromatic heterocycles. The molecule has 1 N–H and O–H groups in total. The third-order valence-corrected chi connectivity index (χ3v) is 5.20. The Hall–Kier alpha value is -3.11. The van der Waals surface area contributed by atoms with Crippen molar-refractivity contribution in [2.75, 3.05) is 18.5 Å². The topological polar surface area (TPSA) is 34.1 Å². The van der Waals surface area contributed by atoms with E-state index in [-0.39, 0.29) is 0 Å². The third kappa shape index (κ3) is 4.78. The Morgan fingerprint density at radius 2 is 1.39 bits per heavy atom. The van der Waals surface area contributed by atoms with Crippen LogP contribution in [0.2, 0.25) is 0 Å². The highest BCUT2D eigenvalue weighted by molar-refractivity contribution is 7.14. The molecule has 0 bridgehead atoms. The van der Waals surface area contributed by atoms with Crippen LogP contribution in [0.5, 0.6) is 5.75 Å². The monoisotopic (exact) mass is 386 g/mol. The fourth-order valence-electron chi connectivity index (χ4n) is 2.93. The predicted octanol–water partition coefficient (Wildman–Crippen LogP) is 6.36. The van der Waals surface area contributed by atoms with Gasteiger partial charge in [-0.15, -0.1) is 11.3 Å². The first-order valence-electron chi connectivity index (χ1n) is 9.41. The molecule has 3 nitrogen and oxygen atoms in total. The summed E-state index contributed by atoms with van der Waals surface area (Å²) in [5, 5.41) is 6.41. The van der Waals surface area contributed by atoms with Crippen molar-refractivity contribution in [3.05, 3.63) is 90.3 Å². The molecular weight excluding hydrogens is 364 g/mol. The van der Waals surface area contributed by atoms with Crippen LogP contribution < -0.4 is 10.1 Å². The Morgan fingerprint density at radius 1 is 0.750 bits per heavy atom. The average molecular weight is 387 g/mol. The van der Waals surface area contributed by atoms with Crippen molar-refractivity contribution in [2.24, 2.45) is 0 Å². The molecule has 0 radical (unpaired) electrons. The van der Waals surface area contributed by atoms with Gasteiger partial charge < -0.3 is 10.1 Å². The second kappa shape index (κ2) is 9.20. The fraction of sp³-hybridized carbons (Fsp3) is 0.125. The van der Waals surface area contributed by atoms with E-state index in [9.17, 15) is 0 Å². The van der Waals surface area contributed by atoms with Gasteiger partial charge in [0.2, 0.25) is 0 Å². The molecule has 140 valence electrons. The highest BCUT2D eigenvalue weighted by atomic mass is 32.1. The Morgan fingerprint density at radius 3 is 2.11 bits per heavy atom. The third-order valence-electron chi connectivity index (χ3n) is 4.40. The minimum Gasteiger partial charge on any atom is -0.494 e. The van der Waals surface area contributed by atoms with Crippen molar-refractivity contribution < 1.29 is 4.74 Å². The largest absolute Gasteiger partial charge is 0.494 e. The molecular formula is C24H22N2OS. The molecule has 28 heavy (non-hydrogen) atoms. The number of rotatable bonds is 8. The number of thiazole rings is 1. The maximum absolute atomic E-state index is 5.85. The Balaban J connectivity index is 1.21. The van der Waals surface area contributed by atoms with E-state index in [4.69, 9.17) is 4.74 Å². The van der Waals surface area contributed by atoms with Gasteiger partial charge in [0.1, 0.15) is 5.75 Å². The molecule has 0 amide bonds. The van der Waals surface area contributed by atoms with Crippen molar-refractivity contribution in [3.8, 4) is 28.1 Å². The van der Waals surface area contributed by atoms with E-state index < -0.39 is 0 Å². The Kier molecular flexibility index (Phi) is 6.00. The van der Waals surface area contributed by atoms with Crippen molar-refractivity contribution in [3.63, 3.8) is 0 Å². The molecule has 0 atom stereocenters. The van der Waals surface area contributed by atoms with E-state index in [0.29, 0.717) is 6.61 Å². The normalized spacial score (nSPS) is 10.6. The Labute approximate surface area is 169 Å². The molecule has 4 aromatic rings. The lowest BCUT2D eigenvalue weighted by molar-refractivity contribution is 0.315. The fourth-order valence-corrected chi connectivity index (χ4v) is 3.68. The number of hydrogen-bond acceptors (Lipinski definition) is 4. The first-order valence-corrected chi connectivity index (χ1v) is 10.3. The van der Waals surface area contributed by atoms with Crippen LogP contribution in [0.1, 0.15) is 6.42 Å². The number of nitrogens with one attached hydrogen (secondary N) is 1. The van der Waals surface area contributed by atoms with Gasteiger partial charge >= 0.3 is 0 Å². The highest BCUT2D eigenvalue weighted by Gasteiger charge is 2.03. The molecule has 4 heteroatoms. The predicted molar refractivity (Wildman–Crippen MR) is 118 cm³/mol. The van der Waals surface area contributed by atoms with Crippen molar-refractivity contribution in [2.45, 2.75) is 6.42 Å². The van der Waals surface area contributed by atoms with Crippen LogP contribution in [0, 0.1) is 0 Å². The van der Waals surface area contributed by atoms with Crippen LogP contribution in [0.3, 0.4) is 0 Å². The lowest BCUT2D eigenvalue weighted by atomic mass is 10.1. The number of hydrogen-bond donors (Lipinski definition) is 1. The van der Waals surface area contributed by atoms with Gasteiger partial charge in [0, 0.05) is 17.5 Å². The maximum Gasteiger partial charge on any atom is 0.183 e. The molecule has 0 aliphatic rings. The van der Waals surface area contributed by atoms with E-state index >= 15 is 0 Å². The number of nitrogens with zero attached hydrogens (tertiary/aromatic N) is 1. The lowest BCUT2D eigenvalue weighted by Gasteiger charge is -2.08.